The van der Waals surface area contributed by atoms with Gasteiger partial charge in [0, 0.05) is 32.1 Å². The zero-order valence-electron chi connectivity index (χ0n) is 21.3. The molecule has 10 heteroatoms. The lowest BCUT2D eigenvalue weighted by atomic mass is 10.1. The maximum atomic E-state index is 12.7. The maximum Gasteiger partial charge on any atom is 0.243 e. The van der Waals surface area contributed by atoms with E-state index in [1.54, 1.807) is 55.5 Å². The molecule has 1 atom stereocenters. The minimum atomic E-state index is -3.68. The summed E-state index contributed by atoms with van der Waals surface area (Å²) in [4.78, 5) is 12.8. The first-order valence-electron chi connectivity index (χ1n) is 12.7. The highest BCUT2D eigenvalue weighted by atomic mass is 32.2. The molecule has 0 radical (unpaired) electrons. The molecule has 0 aromatic heterocycles. The van der Waals surface area contributed by atoms with Gasteiger partial charge in [0.15, 0.2) is 0 Å². The summed E-state index contributed by atoms with van der Waals surface area (Å²) in [5.74, 6) is -0.145. The lowest BCUT2D eigenvalue weighted by Gasteiger charge is -2.15. The Hall–Kier alpha value is -3.05. The van der Waals surface area contributed by atoms with E-state index in [1.807, 2.05) is 30.3 Å². The average Bonchev–Trinajstić information content (AvgIpc) is 3.48. The second kappa shape index (κ2) is 12.2. The molecule has 38 heavy (non-hydrogen) atoms. The Balaban J connectivity index is 1.25. The van der Waals surface area contributed by atoms with Crippen LogP contribution in [0.15, 0.2) is 88.7 Å². The summed E-state index contributed by atoms with van der Waals surface area (Å²) in [6, 6.07) is 22.1. The monoisotopic (exact) mass is 555 g/mol. The Morgan fingerprint density at radius 2 is 1.39 bits per heavy atom. The van der Waals surface area contributed by atoms with Crippen molar-refractivity contribution in [3.8, 4) is 0 Å². The van der Waals surface area contributed by atoms with E-state index in [2.05, 4.69) is 10.0 Å². The Bertz CT molecular complexity index is 1430. The summed E-state index contributed by atoms with van der Waals surface area (Å²) in [6.45, 7) is 3.21. The molecule has 1 amide bonds. The number of benzene rings is 3. The van der Waals surface area contributed by atoms with Gasteiger partial charge in [-0.2, -0.15) is 4.31 Å². The van der Waals surface area contributed by atoms with Gasteiger partial charge in [-0.25, -0.2) is 21.6 Å². The molecule has 1 aliphatic rings. The minimum Gasteiger partial charge on any atom is -0.352 e. The minimum absolute atomic E-state index is 0.145. The Morgan fingerprint density at radius 1 is 0.816 bits per heavy atom. The number of nitrogens with one attached hydrogen (secondary N) is 2. The van der Waals surface area contributed by atoms with Crippen molar-refractivity contribution < 1.29 is 21.6 Å². The summed E-state index contributed by atoms with van der Waals surface area (Å²) in [7, 11) is -7.13. The quantitative estimate of drug-likeness (QED) is 0.374. The summed E-state index contributed by atoms with van der Waals surface area (Å²) in [5, 5.41) is 2.85. The molecule has 4 rings (SSSR count). The highest BCUT2D eigenvalue weighted by molar-refractivity contribution is 7.89. The molecule has 3 aromatic carbocycles. The third kappa shape index (κ3) is 7.08. The van der Waals surface area contributed by atoms with E-state index in [-0.39, 0.29) is 28.2 Å². The number of nitrogens with zero attached hydrogens (tertiary/aromatic N) is 1. The maximum absolute atomic E-state index is 12.7. The second-order valence-corrected chi connectivity index (χ2v) is 13.1. The van der Waals surface area contributed by atoms with E-state index in [9.17, 15) is 21.6 Å². The van der Waals surface area contributed by atoms with Crippen molar-refractivity contribution in [2.45, 2.75) is 55.0 Å². The van der Waals surface area contributed by atoms with Crippen LogP contribution in [0, 0.1) is 0 Å². The molecule has 2 N–H and O–H groups in total. The van der Waals surface area contributed by atoms with E-state index < -0.39 is 20.0 Å². The fourth-order valence-electron chi connectivity index (χ4n) is 4.35. The van der Waals surface area contributed by atoms with Crippen LogP contribution in [-0.4, -0.2) is 40.1 Å². The van der Waals surface area contributed by atoms with Crippen molar-refractivity contribution >= 4 is 26.0 Å². The van der Waals surface area contributed by atoms with Crippen molar-refractivity contribution in [1.82, 2.24) is 14.3 Å². The highest BCUT2D eigenvalue weighted by Gasteiger charge is 2.26. The SMILES string of the molecule is CC(NS(=O)(=O)c1ccc(CCC(=O)NCc2ccc(S(=O)(=O)N3CCCC3)cc2)cc1)c1ccccc1. The number of amides is 1. The van der Waals surface area contributed by atoms with Crippen molar-refractivity contribution in [3.05, 3.63) is 95.6 Å². The normalized spacial score (nSPS) is 15.3. The zero-order valence-corrected chi connectivity index (χ0v) is 23.0. The predicted octanol–water partition coefficient (Wildman–Crippen LogP) is 3.76. The van der Waals surface area contributed by atoms with Gasteiger partial charge in [0.25, 0.3) is 0 Å². The van der Waals surface area contributed by atoms with Crippen LogP contribution < -0.4 is 10.0 Å². The number of aryl methyl sites for hydroxylation is 1. The molecule has 1 fully saturated rings. The van der Waals surface area contributed by atoms with E-state index >= 15 is 0 Å². The van der Waals surface area contributed by atoms with Gasteiger partial charge >= 0.3 is 0 Å². The predicted molar refractivity (Wildman–Crippen MR) is 146 cm³/mol. The number of sulfonamides is 2. The summed E-state index contributed by atoms with van der Waals surface area (Å²) in [5.41, 5.74) is 2.54. The number of carbonyl (C=O) groups is 1. The molecule has 8 nitrogen and oxygen atoms in total. The highest BCUT2D eigenvalue weighted by Crippen LogP contribution is 2.21. The van der Waals surface area contributed by atoms with Gasteiger partial charge in [0.2, 0.25) is 26.0 Å². The molecule has 202 valence electrons. The molecule has 0 aliphatic carbocycles. The van der Waals surface area contributed by atoms with Crippen LogP contribution in [0.3, 0.4) is 0 Å². The lowest BCUT2D eigenvalue weighted by molar-refractivity contribution is -0.121. The van der Waals surface area contributed by atoms with E-state index in [0.717, 1.165) is 29.5 Å². The number of rotatable bonds is 11. The van der Waals surface area contributed by atoms with E-state index in [4.69, 9.17) is 0 Å². The Labute approximate surface area is 225 Å². The fourth-order valence-corrected chi connectivity index (χ4v) is 7.10. The third-order valence-corrected chi connectivity index (χ3v) is 10.1. The molecular weight excluding hydrogens is 522 g/mol. The average molecular weight is 556 g/mol. The fraction of sp³-hybridized carbons (Fsp3) is 0.321. The van der Waals surface area contributed by atoms with Crippen molar-refractivity contribution in [1.29, 1.82) is 0 Å². The molecule has 1 heterocycles. The molecule has 3 aromatic rings. The van der Waals surface area contributed by atoms with Gasteiger partial charge in [-0.1, -0.05) is 54.6 Å². The number of hydrogen-bond donors (Lipinski definition) is 2. The first kappa shape index (κ1) is 28.0. The van der Waals surface area contributed by atoms with Crippen LogP contribution in [0.1, 0.15) is 48.9 Å². The van der Waals surface area contributed by atoms with Gasteiger partial charge in [-0.15, -0.1) is 0 Å². The zero-order chi connectivity index (χ0) is 27.2. The van der Waals surface area contributed by atoms with Crippen molar-refractivity contribution in [3.63, 3.8) is 0 Å². The molecule has 1 aliphatic heterocycles. The molecule has 1 saturated heterocycles. The largest absolute Gasteiger partial charge is 0.352 e. The first-order chi connectivity index (χ1) is 18.1. The first-order valence-corrected chi connectivity index (χ1v) is 15.6. The molecule has 1 unspecified atom stereocenters. The molecular formula is C28H33N3O5S2. The van der Waals surface area contributed by atoms with Crippen molar-refractivity contribution in [2.24, 2.45) is 0 Å². The summed E-state index contributed by atoms with van der Waals surface area (Å²) >= 11 is 0. The Morgan fingerprint density at radius 3 is 2.03 bits per heavy atom. The lowest BCUT2D eigenvalue weighted by Crippen LogP contribution is -2.28. The summed E-state index contributed by atoms with van der Waals surface area (Å²) in [6.07, 6.45) is 2.49. The van der Waals surface area contributed by atoms with Crippen molar-refractivity contribution in [2.75, 3.05) is 13.1 Å². The number of carbonyl (C=O) groups excluding carboxylic acids is 1. The topological polar surface area (TPSA) is 113 Å². The third-order valence-electron chi connectivity index (χ3n) is 6.62. The standard InChI is InChI=1S/C28H33N3O5S2/c1-22(25-7-3-2-4-8-25)30-37(33,34)26-14-9-23(10-15-26)13-18-28(32)29-21-24-11-16-27(17-12-24)38(35,36)31-19-5-6-20-31/h2-4,7-12,14-17,22,30H,5-6,13,18-21H2,1H3,(H,29,32). The van der Waals surface area contributed by atoms with Gasteiger partial charge in [-0.05, 0) is 67.1 Å². The molecule has 0 spiro atoms. The van der Waals surface area contributed by atoms with Gasteiger partial charge in [0.05, 0.1) is 9.79 Å². The van der Waals surface area contributed by atoms with E-state index in [0.29, 0.717) is 26.1 Å². The molecule has 0 saturated carbocycles. The van der Waals surface area contributed by atoms with Gasteiger partial charge in [-0.3, -0.25) is 4.79 Å². The van der Waals surface area contributed by atoms with E-state index in [1.165, 1.54) is 4.31 Å². The molecule has 0 bridgehead atoms. The van der Waals surface area contributed by atoms with Crippen LogP contribution in [0.5, 0.6) is 0 Å². The van der Waals surface area contributed by atoms with Crippen LogP contribution in [-0.2, 0) is 37.8 Å². The van der Waals surface area contributed by atoms with Crippen LogP contribution in [0.2, 0.25) is 0 Å². The smallest absolute Gasteiger partial charge is 0.243 e. The van der Waals surface area contributed by atoms with Crippen LogP contribution >= 0.6 is 0 Å². The number of hydrogen-bond acceptors (Lipinski definition) is 5. The van der Waals surface area contributed by atoms with Crippen LogP contribution in [0.4, 0.5) is 0 Å². The second-order valence-electron chi connectivity index (χ2n) is 9.43. The Kier molecular flexibility index (Phi) is 8.99. The van der Waals surface area contributed by atoms with Crippen LogP contribution in [0.25, 0.3) is 0 Å². The van der Waals surface area contributed by atoms with Gasteiger partial charge < -0.3 is 5.32 Å². The van der Waals surface area contributed by atoms with Gasteiger partial charge in [0.1, 0.15) is 0 Å². The summed E-state index contributed by atoms with van der Waals surface area (Å²) < 4.78 is 55.0.